The Morgan fingerprint density at radius 3 is 2.62 bits per heavy atom. The van der Waals surface area contributed by atoms with Crippen LogP contribution in [0.25, 0.3) is 0 Å². The number of ether oxygens (including phenoxy) is 2. The number of hydrogen-bond acceptors (Lipinski definition) is 3. The van der Waals surface area contributed by atoms with Gasteiger partial charge in [0.25, 0.3) is 5.91 Å². The van der Waals surface area contributed by atoms with Crippen LogP contribution in [0.15, 0.2) is 30.3 Å². The third-order valence-corrected chi connectivity index (χ3v) is 4.46. The first kappa shape index (κ1) is 14.5. The summed E-state index contributed by atoms with van der Waals surface area (Å²) in [5.41, 5.74) is 1.13. The first-order valence-corrected chi connectivity index (χ1v) is 7.79. The Balaban J connectivity index is 1.80. The van der Waals surface area contributed by atoms with Crippen molar-refractivity contribution < 1.29 is 14.3 Å². The highest BCUT2D eigenvalue weighted by atomic mass is 16.5. The predicted octanol–water partition coefficient (Wildman–Crippen LogP) is 2.54. The molecule has 0 aromatic heterocycles. The Bertz CT molecular complexity index is 484. The molecular weight excluding hydrogens is 266 g/mol. The van der Waals surface area contributed by atoms with E-state index in [-0.39, 0.29) is 30.2 Å². The van der Waals surface area contributed by atoms with Crippen molar-refractivity contribution in [1.82, 2.24) is 4.90 Å². The van der Waals surface area contributed by atoms with Crippen molar-refractivity contribution in [2.75, 3.05) is 13.2 Å². The molecule has 2 saturated heterocycles. The molecule has 4 nitrogen and oxygen atoms in total. The van der Waals surface area contributed by atoms with Gasteiger partial charge in [-0.15, -0.1) is 0 Å². The van der Waals surface area contributed by atoms with E-state index < -0.39 is 0 Å². The number of nitrogens with zero attached hydrogens (tertiary/aromatic N) is 1. The second kappa shape index (κ2) is 6.16. The van der Waals surface area contributed by atoms with Crippen molar-refractivity contribution in [2.45, 2.75) is 51.0 Å². The highest BCUT2D eigenvalue weighted by molar-refractivity contribution is 5.82. The number of hydrogen-bond donors (Lipinski definition) is 0. The summed E-state index contributed by atoms with van der Waals surface area (Å²) in [4.78, 5) is 14.7. The topological polar surface area (TPSA) is 38.8 Å². The molecule has 4 heteroatoms. The maximum atomic E-state index is 12.7. The molecule has 0 aliphatic carbocycles. The summed E-state index contributed by atoms with van der Waals surface area (Å²) in [6, 6.07) is 10.3. The van der Waals surface area contributed by atoms with Crippen LogP contribution in [-0.4, -0.2) is 42.2 Å². The molecule has 0 radical (unpaired) electrons. The number of carbonyl (C=O) groups excluding carboxylic acids is 1. The van der Waals surface area contributed by atoms with Crippen LogP contribution in [0.2, 0.25) is 0 Å². The van der Waals surface area contributed by atoms with Crippen molar-refractivity contribution in [1.29, 1.82) is 0 Å². The zero-order chi connectivity index (χ0) is 14.8. The quantitative estimate of drug-likeness (QED) is 0.840. The van der Waals surface area contributed by atoms with Crippen LogP contribution in [0, 0.1) is 0 Å². The lowest BCUT2D eigenvalue weighted by Gasteiger charge is -2.44. The highest BCUT2D eigenvalue weighted by Crippen LogP contribution is 2.32. The van der Waals surface area contributed by atoms with Gasteiger partial charge in [-0.1, -0.05) is 30.3 Å². The molecule has 1 aromatic carbocycles. The fourth-order valence-electron chi connectivity index (χ4n) is 3.38. The van der Waals surface area contributed by atoms with Crippen molar-refractivity contribution in [3.63, 3.8) is 0 Å². The summed E-state index contributed by atoms with van der Waals surface area (Å²) in [7, 11) is 0. The molecule has 4 unspecified atom stereocenters. The number of rotatable bonds is 2. The Morgan fingerprint density at radius 1 is 1.19 bits per heavy atom. The van der Waals surface area contributed by atoms with Gasteiger partial charge in [-0.2, -0.15) is 0 Å². The van der Waals surface area contributed by atoms with Crippen LogP contribution in [0.3, 0.4) is 0 Å². The fraction of sp³-hybridized carbons (Fsp3) is 0.588. The average molecular weight is 289 g/mol. The van der Waals surface area contributed by atoms with Gasteiger partial charge in [0.1, 0.15) is 12.2 Å². The maximum Gasteiger partial charge on any atom is 0.252 e. The summed E-state index contributed by atoms with van der Waals surface area (Å²) in [6.07, 6.45) is 1.49. The van der Waals surface area contributed by atoms with Gasteiger partial charge < -0.3 is 14.4 Å². The standard InChI is InChI=1S/C17H23NO3/c1-12-11-21-16(14-7-4-3-5-8-14)13(2)18(12)17(19)15-9-6-10-20-15/h3-5,7-8,12-13,15-16H,6,9-11H2,1-2H3. The van der Waals surface area contributed by atoms with Gasteiger partial charge in [0, 0.05) is 6.61 Å². The average Bonchev–Trinajstić information content (AvgIpc) is 3.02. The number of carbonyl (C=O) groups is 1. The van der Waals surface area contributed by atoms with Crippen molar-refractivity contribution in [2.24, 2.45) is 0 Å². The van der Waals surface area contributed by atoms with Gasteiger partial charge in [-0.3, -0.25) is 4.79 Å². The van der Waals surface area contributed by atoms with Gasteiger partial charge in [0.15, 0.2) is 0 Å². The van der Waals surface area contributed by atoms with E-state index in [0.717, 1.165) is 18.4 Å². The van der Waals surface area contributed by atoms with Crippen LogP contribution in [0.4, 0.5) is 0 Å². The van der Waals surface area contributed by atoms with E-state index in [1.54, 1.807) is 0 Å². The zero-order valence-electron chi connectivity index (χ0n) is 12.7. The van der Waals surface area contributed by atoms with Gasteiger partial charge >= 0.3 is 0 Å². The lowest BCUT2D eigenvalue weighted by Crippen LogP contribution is -2.56. The summed E-state index contributed by atoms with van der Waals surface area (Å²) in [5.74, 6) is 0.122. The van der Waals surface area contributed by atoms with Gasteiger partial charge in [0.05, 0.1) is 18.7 Å². The van der Waals surface area contributed by atoms with E-state index in [0.29, 0.717) is 13.2 Å². The fourth-order valence-corrected chi connectivity index (χ4v) is 3.38. The van der Waals surface area contributed by atoms with Crippen LogP contribution in [0.1, 0.15) is 38.4 Å². The van der Waals surface area contributed by atoms with Crippen LogP contribution >= 0.6 is 0 Å². The monoisotopic (exact) mass is 289 g/mol. The van der Waals surface area contributed by atoms with Crippen molar-refractivity contribution in [3.8, 4) is 0 Å². The highest BCUT2D eigenvalue weighted by Gasteiger charge is 2.40. The van der Waals surface area contributed by atoms with Crippen LogP contribution in [-0.2, 0) is 14.3 Å². The SMILES string of the molecule is CC1COC(c2ccccc2)C(C)N1C(=O)C1CCCO1. The minimum atomic E-state index is -0.260. The predicted molar refractivity (Wildman–Crippen MR) is 79.9 cm³/mol. The Hall–Kier alpha value is -1.39. The Morgan fingerprint density at radius 2 is 1.95 bits per heavy atom. The molecule has 1 amide bonds. The van der Waals surface area contributed by atoms with E-state index >= 15 is 0 Å². The molecule has 0 saturated carbocycles. The lowest BCUT2D eigenvalue weighted by atomic mass is 9.97. The molecule has 2 fully saturated rings. The molecule has 2 heterocycles. The van der Waals surface area contributed by atoms with E-state index in [1.807, 2.05) is 30.0 Å². The number of amides is 1. The number of benzene rings is 1. The number of morpholine rings is 1. The van der Waals surface area contributed by atoms with Crippen molar-refractivity contribution >= 4 is 5.91 Å². The summed E-state index contributed by atoms with van der Waals surface area (Å²) >= 11 is 0. The molecular formula is C17H23NO3. The minimum absolute atomic E-state index is 0.0212. The Kier molecular flexibility index (Phi) is 4.27. The molecule has 1 aromatic rings. The summed E-state index contributed by atoms with van der Waals surface area (Å²) in [6.45, 7) is 5.39. The van der Waals surface area contributed by atoms with Crippen LogP contribution in [0.5, 0.6) is 0 Å². The molecule has 21 heavy (non-hydrogen) atoms. The summed E-state index contributed by atoms with van der Waals surface area (Å²) in [5, 5.41) is 0. The lowest BCUT2D eigenvalue weighted by molar-refractivity contribution is -0.162. The molecule has 3 rings (SSSR count). The zero-order valence-corrected chi connectivity index (χ0v) is 12.7. The first-order valence-electron chi connectivity index (χ1n) is 7.79. The van der Waals surface area contributed by atoms with Gasteiger partial charge in [-0.25, -0.2) is 0 Å². The molecule has 4 atom stereocenters. The van der Waals surface area contributed by atoms with E-state index in [1.165, 1.54) is 0 Å². The van der Waals surface area contributed by atoms with E-state index in [4.69, 9.17) is 9.47 Å². The molecule has 0 bridgehead atoms. The van der Waals surface area contributed by atoms with E-state index in [9.17, 15) is 4.79 Å². The van der Waals surface area contributed by atoms with Crippen molar-refractivity contribution in [3.05, 3.63) is 35.9 Å². The largest absolute Gasteiger partial charge is 0.369 e. The normalized spacial score (nSPS) is 33.1. The molecule has 2 aliphatic rings. The second-order valence-electron chi connectivity index (χ2n) is 6.00. The summed E-state index contributed by atoms with van der Waals surface area (Å²) < 4.78 is 11.6. The minimum Gasteiger partial charge on any atom is -0.369 e. The maximum absolute atomic E-state index is 12.7. The van der Waals surface area contributed by atoms with Gasteiger partial charge in [-0.05, 0) is 32.3 Å². The second-order valence-corrected chi connectivity index (χ2v) is 6.00. The third kappa shape index (κ3) is 2.83. The van der Waals surface area contributed by atoms with E-state index in [2.05, 4.69) is 19.1 Å². The molecule has 2 aliphatic heterocycles. The molecule has 0 spiro atoms. The molecule has 0 N–H and O–H groups in total. The first-order chi connectivity index (χ1) is 10.2. The smallest absolute Gasteiger partial charge is 0.252 e. The van der Waals surface area contributed by atoms with Gasteiger partial charge in [0.2, 0.25) is 0 Å². The molecule has 114 valence electrons. The Labute approximate surface area is 126 Å². The third-order valence-electron chi connectivity index (χ3n) is 4.46. The van der Waals surface area contributed by atoms with Crippen LogP contribution < -0.4 is 0 Å².